The van der Waals surface area contributed by atoms with Crippen LogP contribution in [0.4, 0.5) is 0 Å². The number of carbonyl (C=O) groups excluding carboxylic acids is 1. The summed E-state index contributed by atoms with van der Waals surface area (Å²) in [5, 5.41) is 11.7. The van der Waals surface area contributed by atoms with Gasteiger partial charge in [0.2, 0.25) is 0 Å². The van der Waals surface area contributed by atoms with Crippen LogP contribution in [0.1, 0.15) is 34.2 Å². The van der Waals surface area contributed by atoms with Gasteiger partial charge in [0.15, 0.2) is 0 Å². The van der Waals surface area contributed by atoms with Crippen LogP contribution >= 0.6 is 0 Å². The highest BCUT2D eigenvalue weighted by molar-refractivity contribution is 5.94. The van der Waals surface area contributed by atoms with Crippen molar-refractivity contribution < 1.29 is 9.90 Å². The van der Waals surface area contributed by atoms with Gasteiger partial charge in [-0.15, -0.1) is 0 Å². The number of β-amino-alcohol motifs (C(OH)–C–C–N with tert-alkyl or cyclic N) is 1. The lowest BCUT2D eigenvalue weighted by molar-refractivity contribution is 0.0762. The summed E-state index contributed by atoms with van der Waals surface area (Å²) in [4.78, 5) is 32.1. The van der Waals surface area contributed by atoms with Gasteiger partial charge in [-0.25, -0.2) is 0 Å². The molecule has 0 radical (unpaired) electrons. The lowest BCUT2D eigenvalue weighted by Gasteiger charge is -2.18. The molecule has 4 rings (SSSR count). The van der Waals surface area contributed by atoms with Crippen molar-refractivity contribution in [1.29, 1.82) is 0 Å². The molecule has 1 aliphatic heterocycles. The fourth-order valence-electron chi connectivity index (χ4n) is 4.48. The highest BCUT2D eigenvalue weighted by Gasteiger charge is 2.35. The molecule has 0 saturated carbocycles. The number of fused-ring (bicyclic) bond motifs is 1. The van der Waals surface area contributed by atoms with Crippen LogP contribution in [0.15, 0.2) is 47.3 Å². The molecule has 1 amide bonds. The number of carbonyl (C=O) groups is 1. The van der Waals surface area contributed by atoms with Gasteiger partial charge in [-0.3, -0.25) is 14.6 Å². The molecular formula is C24H27N3O3. The van der Waals surface area contributed by atoms with Crippen molar-refractivity contribution in [2.45, 2.75) is 32.8 Å². The average molecular weight is 405 g/mol. The molecule has 1 N–H and O–H groups in total. The summed E-state index contributed by atoms with van der Waals surface area (Å²) < 4.78 is 1.56. The summed E-state index contributed by atoms with van der Waals surface area (Å²) in [5.74, 6) is -0.420. The zero-order valence-electron chi connectivity index (χ0n) is 17.6. The van der Waals surface area contributed by atoms with Gasteiger partial charge in [-0.05, 0) is 43.5 Å². The molecule has 0 bridgehead atoms. The number of hydrogen-bond acceptors (Lipinski definition) is 4. The van der Waals surface area contributed by atoms with Gasteiger partial charge in [0, 0.05) is 42.8 Å². The van der Waals surface area contributed by atoms with Gasteiger partial charge >= 0.3 is 0 Å². The van der Waals surface area contributed by atoms with Crippen LogP contribution in [0.25, 0.3) is 10.9 Å². The van der Waals surface area contributed by atoms with E-state index >= 15 is 0 Å². The molecule has 1 aromatic carbocycles. The molecule has 6 nitrogen and oxygen atoms in total. The third kappa shape index (κ3) is 3.63. The molecule has 0 spiro atoms. The van der Waals surface area contributed by atoms with E-state index in [9.17, 15) is 14.7 Å². The second kappa shape index (κ2) is 8.03. The number of pyridine rings is 2. The van der Waals surface area contributed by atoms with Gasteiger partial charge in [0.05, 0.1) is 11.6 Å². The number of amides is 1. The van der Waals surface area contributed by atoms with Crippen molar-refractivity contribution in [2.24, 2.45) is 13.0 Å². The molecule has 0 aliphatic carbocycles. The number of benzene rings is 1. The Morgan fingerprint density at radius 3 is 2.73 bits per heavy atom. The minimum atomic E-state index is -0.637. The first kappa shape index (κ1) is 20.3. The molecule has 1 fully saturated rings. The molecule has 0 unspecified atom stereocenters. The SMILES string of the molecule is CCc1c(C)cc(C(=O)N2C[C@@H](Cc3ccc4ccccc4n3)[C@H](O)C2)c(=O)n1C. The van der Waals surface area contributed by atoms with Crippen LogP contribution in [-0.4, -0.2) is 44.7 Å². The quantitative estimate of drug-likeness (QED) is 0.724. The third-order valence-electron chi connectivity index (χ3n) is 6.14. The Morgan fingerprint density at radius 2 is 1.97 bits per heavy atom. The van der Waals surface area contributed by atoms with E-state index in [4.69, 9.17) is 0 Å². The van der Waals surface area contributed by atoms with Crippen LogP contribution < -0.4 is 5.56 Å². The Kier molecular flexibility index (Phi) is 5.43. The fourth-order valence-corrected chi connectivity index (χ4v) is 4.48. The maximum Gasteiger partial charge on any atom is 0.263 e. The molecule has 1 saturated heterocycles. The molecule has 6 heteroatoms. The summed E-state index contributed by atoms with van der Waals surface area (Å²) in [6.45, 7) is 4.55. The highest BCUT2D eigenvalue weighted by Crippen LogP contribution is 2.23. The van der Waals surface area contributed by atoms with Crippen molar-refractivity contribution in [3.05, 3.63) is 75.3 Å². The van der Waals surface area contributed by atoms with E-state index in [1.807, 2.05) is 50.2 Å². The number of aromatic nitrogens is 2. The zero-order chi connectivity index (χ0) is 21.4. The Labute approximate surface area is 175 Å². The minimum absolute atomic E-state index is 0.109. The van der Waals surface area contributed by atoms with Crippen LogP contribution in [0.2, 0.25) is 0 Å². The topological polar surface area (TPSA) is 75.4 Å². The first-order valence-corrected chi connectivity index (χ1v) is 10.4. The average Bonchev–Trinajstić information content (AvgIpc) is 3.10. The number of aliphatic hydroxyl groups excluding tert-OH is 1. The van der Waals surface area contributed by atoms with Crippen LogP contribution in [0.5, 0.6) is 0 Å². The van der Waals surface area contributed by atoms with Crippen molar-refractivity contribution in [1.82, 2.24) is 14.5 Å². The number of nitrogens with zero attached hydrogens (tertiary/aromatic N) is 3. The monoisotopic (exact) mass is 405 g/mol. The van der Waals surface area contributed by atoms with Crippen LogP contribution in [-0.2, 0) is 19.9 Å². The number of hydrogen-bond donors (Lipinski definition) is 1. The molecule has 3 heterocycles. The molecule has 2 aromatic heterocycles. The van der Waals surface area contributed by atoms with E-state index in [0.717, 1.165) is 34.3 Å². The van der Waals surface area contributed by atoms with Gasteiger partial charge in [0.25, 0.3) is 11.5 Å². The Morgan fingerprint density at radius 1 is 1.20 bits per heavy atom. The number of likely N-dealkylation sites (tertiary alicyclic amines) is 1. The normalized spacial score (nSPS) is 18.9. The van der Waals surface area contributed by atoms with Crippen LogP contribution in [0, 0.1) is 12.8 Å². The Bertz CT molecular complexity index is 1170. The lowest BCUT2D eigenvalue weighted by Crippen LogP contribution is -2.36. The van der Waals surface area contributed by atoms with Gasteiger partial charge in [-0.2, -0.15) is 0 Å². The summed E-state index contributed by atoms with van der Waals surface area (Å²) in [5.41, 5.74) is 3.56. The van der Waals surface area contributed by atoms with Crippen molar-refractivity contribution in [3.8, 4) is 0 Å². The first-order valence-electron chi connectivity index (χ1n) is 10.4. The first-order chi connectivity index (χ1) is 14.4. The van der Waals surface area contributed by atoms with Gasteiger partial charge in [0.1, 0.15) is 5.56 Å². The lowest BCUT2D eigenvalue weighted by atomic mass is 9.99. The fraction of sp³-hybridized carbons (Fsp3) is 0.375. The van der Waals surface area contributed by atoms with E-state index in [2.05, 4.69) is 4.98 Å². The minimum Gasteiger partial charge on any atom is -0.391 e. The smallest absolute Gasteiger partial charge is 0.263 e. The largest absolute Gasteiger partial charge is 0.391 e. The standard InChI is InChI=1S/C24H27N3O3/c1-4-21-15(2)11-19(23(29)26(21)3)24(30)27-13-17(22(28)14-27)12-18-10-9-16-7-5-6-8-20(16)25-18/h5-11,17,22,28H,4,12-14H2,1-3H3/t17-,22-/m1/s1. The number of rotatable bonds is 4. The summed E-state index contributed by atoms with van der Waals surface area (Å²) in [6, 6.07) is 13.6. The maximum absolute atomic E-state index is 13.1. The second-order valence-corrected chi connectivity index (χ2v) is 8.14. The number of aliphatic hydroxyl groups is 1. The van der Waals surface area contributed by atoms with Crippen LogP contribution in [0.3, 0.4) is 0 Å². The second-order valence-electron chi connectivity index (χ2n) is 8.14. The summed E-state index contributed by atoms with van der Waals surface area (Å²) >= 11 is 0. The molecule has 156 valence electrons. The predicted molar refractivity (Wildman–Crippen MR) is 117 cm³/mol. The van der Waals surface area contributed by atoms with E-state index in [-0.39, 0.29) is 29.5 Å². The van der Waals surface area contributed by atoms with E-state index in [1.165, 1.54) is 0 Å². The Hall–Kier alpha value is -2.99. The van der Waals surface area contributed by atoms with Gasteiger partial charge in [-0.1, -0.05) is 31.2 Å². The molecule has 2 atom stereocenters. The highest BCUT2D eigenvalue weighted by atomic mass is 16.3. The van der Waals surface area contributed by atoms with Gasteiger partial charge < -0.3 is 14.6 Å². The van der Waals surface area contributed by atoms with Crippen molar-refractivity contribution in [3.63, 3.8) is 0 Å². The maximum atomic E-state index is 13.1. The van der Waals surface area contributed by atoms with Crippen molar-refractivity contribution >= 4 is 16.8 Å². The van der Waals surface area contributed by atoms with Crippen molar-refractivity contribution in [2.75, 3.05) is 13.1 Å². The van der Waals surface area contributed by atoms with E-state index in [0.29, 0.717) is 13.0 Å². The van der Waals surface area contributed by atoms with E-state index < -0.39 is 6.10 Å². The number of para-hydroxylation sites is 1. The molecule has 3 aromatic rings. The van der Waals surface area contributed by atoms with E-state index in [1.54, 1.807) is 22.6 Å². The molecule has 30 heavy (non-hydrogen) atoms. The summed E-state index contributed by atoms with van der Waals surface area (Å²) in [7, 11) is 1.71. The predicted octanol–water partition coefficient (Wildman–Crippen LogP) is 2.48. The zero-order valence-corrected chi connectivity index (χ0v) is 17.6. The summed E-state index contributed by atoms with van der Waals surface area (Å²) in [6.07, 6.45) is 0.679. The third-order valence-corrected chi connectivity index (χ3v) is 6.14. The molecule has 1 aliphatic rings. The molecular weight excluding hydrogens is 378 g/mol. The Balaban J connectivity index is 1.54. The number of aryl methyl sites for hydroxylation is 1.